The summed E-state index contributed by atoms with van der Waals surface area (Å²) in [6, 6.07) is 15.1. The van der Waals surface area contributed by atoms with Gasteiger partial charge < -0.3 is 25.2 Å². The van der Waals surface area contributed by atoms with Crippen molar-refractivity contribution < 1.29 is 29.0 Å². The zero-order valence-corrected chi connectivity index (χ0v) is 18.6. The number of hydrogen-bond donors (Lipinski definition) is 3. The van der Waals surface area contributed by atoms with Crippen LogP contribution < -0.4 is 10.6 Å². The first kappa shape index (κ1) is 22.8. The average Bonchev–Trinajstić information content (AvgIpc) is 3.39. The number of carboxylic acids is 1. The first-order chi connectivity index (χ1) is 15.9. The molecule has 0 aromatic heterocycles. The molecule has 0 radical (unpaired) electrons. The van der Waals surface area contributed by atoms with Crippen molar-refractivity contribution in [3.8, 4) is 11.1 Å². The normalized spacial score (nSPS) is 20.9. The molecule has 1 aliphatic heterocycles. The zero-order valence-electron chi connectivity index (χ0n) is 18.6. The molecule has 2 aromatic carbocycles. The molecule has 2 aromatic rings. The van der Waals surface area contributed by atoms with Crippen molar-refractivity contribution in [1.29, 1.82) is 0 Å². The van der Waals surface area contributed by atoms with E-state index < -0.39 is 42.1 Å². The van der Waals surface area contributed by atoms with Crippen LogP contribution in [0.5, 0.6) is 0 Å². The van der Waals surface area contributed by atoms with Gasteiger partial charge in [-0.3, -0.25) is 9.59 Å². The summed E-state index contributed by atoms with van der Waals surface area (Å²) in [5.74, 6) is -2.25. The summed E-state index contributed by atoms with van der Waals surface area (Å²) >= 11 is 0. The Morgan fingerprint density at radius 3 is 2.27 bits per heavy atom. The molecule has 174 valence electrons. The highest BCUT2D eigenvalue weighted by Crippen LogP contribution is 2.44. The highest BCUT2D eigenvalue weighted by Gasteiger charge is 2.37. The van der Waals surface area contributed by atoms with Crippen molar-refractivity contribution in [2.24, 2.45) is 5.92 Å². The SMILES string of the molecule is CC(NC(=O)[C@H]1OCC[C@H]1NC(=O)OCC1c2ccccc2-c2ccccc21)C(C)C(=O)O. The van der Waals surface area contributed by atoms with Gasteiger partial charge in [-0.2, -0.15) is 0 Å². The van der Waals surface area contributed by atoms with E-state index >= 15 is 0 Å². The van der Waals surface area contributed by atoms with Gasteiger partial charge in [0.1, 0.15) is 6.61 Å². The maximum Gasteiger partial charge on any atom is 0.407 e. The van der Waals surface area contributed by atoms with Crippen molar-refractivity contribution in [2.75, 3.05) is 13.2 Å². The fraction of sp³-hybridized carbons (Fsp3) is 0.400. The maximum absolute atomic E-state index is 12.6. The van der Waals surface area contributed by atoms with Crippen LogP contribution in [0.3, 0.4) is 0 Å². The molecule has 33 heavy (non-hydrogen) atoms. The van der Waals surface area contributed by atoms with E-state index in [0.29, 0.717) is 13.0 Å². The highest BCUT2D eigenvalue weighted by atomic mass is 16.6. The fourth-order valence-electron chi connectivity index (χ4n) is 4.43. The second kappa shape index (κ2) is 9.62. The lowest BCUT2D eigenvalue weighted by Gasteiger charge is -2.23. The van der Waals surface area contributed by atoms with Gasteiger partial charge in [0.25, 0.3) is 5.91 Å². The van der Waals surface area contributed by atoms with Gasteiger partial charge >= 0.3 is 12.1 Å². The summed E-state index contributed by atoms with van der Waals surface area (Å²) in [5.41, 5.74) is 4.53. The van der Waals surface area contributed by atoms with E-state index in [4.69, 9.17) is 14.6 Å². The molecular formula is C25H28N2O6. The molecular weight excluding hydrogens is 424 g/mol. The van der Waals surface area contributed by atoms with E-state index in [2.05, 4.69) is 22.8 Å². The van der Waals surface area contributed by atoms with E-state index in [1.165, 1.54) is 6.92 Å². The summed E-state index contributed by atoms with van der Waals surface area (Å²) in [4.78, 5) is 36.3. The van der Waals surface area contributed by atoms with E-state index in [9.17, 15) is 14.4 Å². The standard InChI is InChI=1S/C25H28N2O6/c1-14(24(29)30)15(2)26-23(28)22-21(11-12-32-22)27-25(31)33-13-20-18-9-5-3-7-16(18)17-8-4-6-10-19(17)20/h3-10,14-15,20-22H,11-13H2,1-2H3,(H,26,28)(H,27,31)(H,29,30)/t14?,15?,21-,22+/m1/s1. The van der Waals surface area contributed by atoms with Crippen LogP contribution in [0.4, 0.5) is 4.79 Å². The van der Waals surface area contributed by atoms with Crippen molar-refractivity contribution in [2.45, 2.75) is 44.4 Å². The van der Waals surface area contributed by atoms with Gasteiger partial charge in [-0.15, -0.1) is 0 Å². The Hall–Kier alpha value is -3.39. The summed E-state index contributed by atoms with van der Waals surface area (Å²) in [6.45, 7) is 3.64. The first-order valence-corrected chi connectivity index (χ1v) is 11.1. The number of carbonyl (C=O) groups is 3. The lowest BCUT2D eigenvalue weighted by molar-refractivity contribution is -0.142. The molecule has 0 bridgehead atoms. The van der Waals surface area contributed by atoms with Crippen LogP contribution in [0, 0.1) is 5.92 Å². The average molecular weight is 453 g/mol. The Labute approximate surface area is 192 Å². The number of ether oxygens (including phenoxy) is 2. The Bertz CT molecular complexity index is 1010. The van der Waals surface area contributed by atoms with Crippen molar-refractivity contribution in [3.63, 3.8) is 0 Å². The summed E-state index contributed by atoms with van der Waals surface area (Å²) in [5, 5.41) is 14.5. The van der Waals surface area contributed by atoms with E-state index in [-0.39, 0.29) is 12.5 Å². The number of carboxylic acid groups (broad SMARTS) is 1. The third-order valence-electron chi connectivity index (χ3n) is 6.51. The molecule has 1 aliphatic carbocycles. The van der Waals surface area contributed by atoms with Crippen molar-refractivity contribution >= 4 is 18.0 Å². The van der Waals surface area contributed by atoms with Crippen LogP contribution in [-0.2, 0) is 19.1 Å². The molecule has 4 atom stereocenters. The van der Waals surface area contributed by atoms with E-state index in [1.807, 2.05) is 36.4 Å². The van der Waals surface area contributed by atoms with Crippen LogP contribution >= 0.6 is 0 Å². The van der Waals surface area contributed by atoms with Crippen LogP contribution in [0.25, 0.3) is 11.1 Å². The van der Waals surface area contributed by atoms with Gasteiger partial charge in [0.15, 0.2) is 6.10 Å². The number of benzene rings is 2. The molecule has 3 N–H and O–H groups in total. The highest BCUT2D eigenvalue weighted by molar-refractivity contribution is 5.84. The van der Waals surface area contributed by atoms with Gasteiger partial charge in [-0.1, -0.05) is 48.5 Å². The molecule has 0 saturated carbocycles. The molecule has 1 heterocycles. The largest absolute Gasteiger partial charge is 0.481 e. The summed E-state index contributed by atoms with van der Waals surface area (Å²) < 4.78 is 11.1. The predicted molar refractivity (Wildman–Crippen MR) is 121 cm³/mol. The number of rotatable bonds is 7. The third kappa shape index (κ3) is 4.71. The molecule has 4 rings (SSSR count). The third-order valence-corrected chi connectivity index (χ3v) is 6.51. The maximum atomic E-state index is 12.6. The Morgan fingerprint density at radius 1 is 1.06 bits per heavy atom. The lowest BCUT2D eigenvalue weighted by Crippen LogP contribution is -2.51. The van der Waals surface area contributed by atoms with Crippen LogP contribution in [-0.4, -0.2) is 54.5 Å². The number of hydrogen-bond acceptors (Lipinski definition) is 5. The van der Waals surface area contributed by atoms with Crippen LogP contribution in [0.1, 0.15) is 37.3 Å². The molecule has 1 fully saturated rings. The Balaban J connectivity index is 1.35. The minimum Gasteiger partial charge on any atom is -0.481 e. The number of aliphatic carboxylic acids is 1. The monoisotopic (exact) mass is 452 g/mol. The van der Waals surface area contributed by atoms with E-state index in [1.54, 1.807) is 6.92 Å². The van der Waals surface area contributed by atoms with Gasteiger partial charge in [0.2, 0.25) is 0 Å². The topological polar surface area (TPSA) is 114 Å². The van der Waals surface area contributed by atoms with Gasteiger partial charge in [-0.25, -0.2) is 4.79 Å². The molecule has 2 aliphatic rings. The predicted octanol–water partition coefficient (Wildman–Crippen LogP) is 2.91. The number of nitrogens with one attached hydrogen (secondary N) is 2. The smallest absolute Gasteiger partial charge is 0.407 e. The number of alkyl carbamates (subject to hydrolysis) is 1. The second-order valence-corrected chi connectivity index (χ2v) is 8.58. The molecule has 0 spiro atoms. The number of fused-ring (bicyclic) bond motifs is 3. The second-order valence-electron chi connectivity index (χ2n) is 8.58. The molecule has 8 nitrogen and oxygen atoms in total. The van der Waals surface area contributed by atoms with Gasteiger partial charge in [-0.05, 0) is 42.5 Å². The van der Waals surface area contributed by atoms with Crippen LogP contribution in [0.2, 0.25) is 0 Å². The fourth-order valence-corrected chi connectivity index (χ4v) is 4.43. The van der Waals surface area contributed by atoms with Crippen molar-refractivity contribution in [3.05, 3.63) is 59.7 Å². The Morgan fingerprint density at radius 2 is 1.67 bits per heavy atom. The molecule has 1 saturated heterocycles. The minimum absolute atomic E-state index is 0.0552. The van der Waals surface area contributed by atoms with Crippen molar-refractivity contribution in [1.82, 2.24) is 10.6 Å². The molecule has 8 heteroatoms. The zero-order chi connectivity index (χ0) is 23.5. The number of amides is 2. The quantitative estimate of drug-likeness (QED) is 0.595. The minimum atomic E-state index is -0.997. The molecule has 2 unspecified atom stereocenters. The molecule has 2 amide bonds. The first-order valence-electron chi connectivity index (χ1n) is 11.1. The van der Waals surface area contributed by atoms with Crippen LogP contribution in [0.15, 0.2) is 48.5 Å². The Kier molecular flexibility index (Phi) is 6.65. The van der Waals surface area contributed by atoms with Gasteiger partial charge in [0, 0.05) is 18.6 Å². The summed E-state index contributed by atoms with van der Waals surface area (Å²) in [6.07, 6.45) is -1.04. The lowest BCUT2D eigenvalue weighted by atomic mass is 9.98. The number of carbonyl (C=O) groups excluding carboxylic acids is 2. The summed E-state index contributed by atoms with van der Waals surface area (Å²) in [7, 11) is 0. The van der Waals surface area contributed by atoms with E-state index in [0.717, 1.165) is 22.3 Å². The van der Waals surface area contributed by atoms with Gasteiger partial charge in [0.05, 0.1) is 12.0 Å².